The van der Waals surface area contributed by atoms with Crippen LogP contribution in [0.2, 0.25) is 0 Å². The molecule has 6 nitrogen and oxygen atoms in total. The maximum Gasteiger partial charge on any atom is 0.421 e. The Balaban J connectivity index is 1.59. The van der Waals surface area contributed by atoms with Crippen LogP contribution in [0.5, 0.6) is 0 Å². The van der Waals surface area contributed by atoms with Crippen LogP contribution in [0.15, 0.2) is 61.1 Å². The fraction of sp³-hybridized carbons (Fsp3) is 0.136. The molecule has 1 aliphatic heterocycles. The summed E-state index contributed by atoms with van der Waals surface area (Å²) in [5.41, 5.74) is 4.31. The first-order valence-corrected chi connectivity index (χ1v) is 9.33. The number of fused-ring (bicyclic) bond motifs is 1. The molecule has 1 amide bonds. The summed E-state index contributed by atoms with van der Waals surface area (Å²) < 4.78 is 21.5. The van der Waals surface area contributed by atoms with E-state index < -0.39 is 0 Å². The minimum absolute atomic E-state index is 0.172. The van der Waals surface area contributed by atoms with E-state index in [1.807, 2.05) is 24.4 Å². The summed E-state index contributed by atoms with van der Waals surface area (Å²) in [7, 11) is 0. The van der Waals surface area contributed by atoms with Crippen LogP contribution in [0.4, 0.5) is 4.39 Å². The maximum atomic E-state index is 14.4. The largest absolute Gasteiger partial charge is 0.421 e. The monoisotopic (exact) mass is 389 g/mol. The number of rotatable bonds is 3. The Morgan fingerprint density at radius 2 is 2.03 bits per heavy atom. The summed E-state index contributed by atoms with van der Waals surface area (Å²) >= 11 is 0. The number of aromatic amines is 2. The van der Waals surface area contributed by atoms with Crippen LogP contribution in [0.25, 0.3) is 22.0 Å². The van der Waals surface area contributed by atoms with Crippen LogP contribution in [0, 0.1) is 5.82 Å². The Bertz CT molecular complexity index is 1240. The third-order valence-corrected chi connectivity index (χ3v) is 5.20. The van der Waals surface area contributed by atoms with Gasteiger partial charge in [0.25, 0.3) is 0 Å². The Morgan fingerprint density at radius 3 is 2.86 bits per heavy atom. The van der Waals surface area contributed by atoms with E-state index in [4.69, 9.17) is 4.74 Å². The van der Waals surface area contributed by atoms with Gasteiger partial charge in [-0.25, -0.2) is 9.18 Å². The molecule has 2 aromatic heterocycles. The molecule has 0 saturated carbocycles. The van der Waals surface area contributed by atoms with Gasteiger partial charge in [-0.3, -0.25) is 5.10 Å². The first-order valence-electron chi connectivity index (χ1n) is 9.33. The van der Waals surface area contributed by atoms with Gasteiger partial charge in [0.1, 0.15) is 24.6 Å². The molecule has 0 atom stereocenters. The van der Waals surface area contributed by atoms with E-state index in [-0.39, 0.29) is 18.3 Å². The molecule has 0 spiro atoms. The van der Waals surface area contributed by atoms with Crippen LogP contribution >= 0.6 is 0 Å². The number of H-pyrrole nitrogens is 2. The Labute approximate surface area is 165 Å². The molecular formula is C22H18FN4O2+. The van der Waals surface area contributed by atoms with Gasteiger partial charge in [0.05, 0.1) is 11.8 Å². The van der Waals surface area contributed by atoms with Crippen molar-refractivity contribution in [1.29, 1.82) is 0 Å². The summed E-state index contributed by atoms with van der Waals surface area (Å²) in [4.78, 5) is 16.6. The molecule has 4 aromatic rings. The molecule has 0 saturated heterocycles. The highest BCUT2D eigenvalue weighted by Crippen LogP contribution is 2.26. The van der Waals surface area contributed by atoms with Gasteiger partial charge < -0.3 is 9.72 Å². The summed E-state index contributed by atoms with van der Waals surface area (Å²) in [5.74, 6) is -0.539. The van der Waals surface area contributed by atoms with E-state index in [0.717, 1.165) is 22.0 Å². The first kappa shape index (κ1) is 17.5. The number of carbonyl (C=O) groups is 1. The zero-order valence-corrected chi connectivity index (χ0v) is 15.5. The molecule has 144 valence electrons. The van der Waals surface area contributed by atoms with Crippen molar-refractivity contribution in [3.8, 4) is 11.1 Å². The second-order valence-corrected chi connectivity index (χ2v) is 6.89. The van der Waals surface area contributed by atoms with Crippen molar-refractivity contribution in [3.05, 3.63) is 78.0 Å². The van der Waals surface area contributed by atoms with Crippen molar-refractivity contribution < 1.29 is 18.5 Å². The van der Waals surface area contributed by atoms with Crippen molar-refractivity contribution in [1.82, 2.24) is 15.2 Å². The number of nitrogens with one attached hydrogen (secondary N) is 2. The normalized spacial score (nSPS) is 14.5. The summed E-state index contributed by atoms with van der Waals surface area (Å²) in [5, 5.41) is 7.60. The molecule has 0 unspecified atom stereocenters. The second-order valence-electron chi connectivity index (χ2n) is 6.89. The van der Waals surface area contributed by atoms with E-state index >= 15 is 0 Å². The number of benzene rings is 2. The molecule has 2 aromatic carbocycles. The highest BCUT2D eigenvalue weighted by atomic mass is 19.1. The van der Waals surface area contributed by atoms with Crippen molar-refractivity contribution in [2.24, 2.45) is 0 Å². The van der Waals surface area contributed by atoms with Gasteiger partial charge in [0.2, 0.25) is 5.71 Å². The smallest absolute Gasteiger partial charge is 0.364 e. The van der Waals surface area contributed by atoms with Crippen LogP contribution < -0.4 is 0 Å². The van der Waals surface area contributed by atoms with Gasteiger partial charge in [0, 0.05) is 28.9 Å². The summed E-state index contributed by atoms with van der Waals surface area (Å²) in [6.45, 7) is 0.985. The molecule has 0 aliphatic carbocycles. The van der Waals surface area contributed by atoms with Crippen molar-refractivity contribution in [2.75, 3.05) is 19.8 Å². The lowest BCUT2D eigenvalue weighted by Crippen LogP contribution is -2.38. The maximum absolute atomic E-state index is 14.4. The third-order valence-electron chi connectivity index (χ3n) is 5.20. The Kier molecular flexibility index (Phi) is 4.29. The molecule has 0 radical (unpaired) electrons. The van der Waals surface area contributed by atoms with Crippen LogP contribution in [-0.4, -0.2) is 51.1 Å². The quantitative estimate of drug-likeness (QED) is 0.528. The molecule has 7 heteroatoms. The molecule has 29 heavy (non-hydrogen) atoms. The average Bonchev–Trinajstić information content (AvgIpc) is 3.43. The second kappa shape index (κ2) is 7.10. The number of hydrogen-bond acceptors (Lipinski definition) is 3. The zero-order chi connectivity index (χ0) is 19.8. The third kappa shape index (κ3) is 3.05. The van der Waals surface area contributed by atoms with Crippen LogP contribution in [-0.2, 0) is 4.74 Å². The number of ether oxygens (including phenoxy) is 1. The lowest BCUT2D eigenvalue weighted by atomic mass is 10.0. The van der Waals surface area contributed by atoms with Gasteiger partial charge in [-0.2, -0.15) is 9.67 Å². The SMILES string of the molecule is O=C(c1c[nH]c2cc(-c3cn[nH]c3)ccc12)[N+]1=C(c2ccccc2F)COCC1. The van der Waals surface area contributed by atoms with E-state index in [9.17, 15) is 9.18 Å². The number of halogens is 1. The predicted octanol–water partition coefficient (Wildman–Crippen LogP) is 3.37. The fourth-order valence-corrected chi connectivity index (χ4v) is 3.72. The molecule has 0 fully saturated rings. The molecular weight excluding hydrogens is 371 g/mol. The first-order chi connectivity index (χ1) is 14.2. The predicted molar refractivity (Wildman–Crippen MR) is 107 cm³/mol. The summed E-state index contributed by atoms with van der Waals surface area (Å²) in [6.07, 6.45) is 5.28. The number of carbonyl (C=O) groups excluding carboxylic acids is 1. The van der Waals surface area contributed by atoms with Gasteiger partial charge in [-0.05, 0) is 23.8 Å². The molecule has 0 bridgehead atoms. The van der Waals surface area contributed by atoms with Crippen molar-refractivity contribution >= 4 is 22.5 Å². The minimum atomic E-state index is -0.366. The van der Waals surface area contributed by atoms with E-state index in [0.29, 0.717) is 30.0 Å². The van der Waals surface area contributed by atoms with Crippen LogP contribution in [0.1, 0.15) is 15.9 Å². The van der Waals surface area contributed by atoms with Gasteiger partial charge in [0.15, 0.2) is 6.54 Å². The summed E-state index contributed by atoms with van der Waals surface area (Å²) in [6, 6.07) is 12.3. The van der Waals surface area contributed by atoms with Crippen molar-refractivity contribution in [2.45, 2.75) is 0 Å². The molecule has 5 rings (SSSR count). The lowest BCUT2D eigenvalue weighted by molar-refractivity contribution is -0.443. The van der Waals surface area contributed by atoms with Gasteiger partial charge in [-0.1, -0.05) is 24.3 Å². The molecule has 2 N–H and O–H groups in total. The Hall–Kier alpha value is -3.58. The highest BCUT2D eigenvalue weighted by Gasteiger charge is 2.32. The van der Waals surface area contributed by atoms with E-state index in [2.05, 4.69) is 15.2 Å². The molecule has 3 heterocycles. The fourth-order valence-electron chi connectivity index (χ4n) is 3.72. The van der Waals surface area contributed by atoms with E-state index in [1.54, 1.807) is 35.2 Å². The minimum Gasteiger partial charge on any atom is -0.364 e. The molecule has 1 aliphatic rings. The number of hydrogen-bond donors (Lipinski definition) is 2. The Morgan fingerprint density at radius 1 is 1.14 bits per heavy atom. The number of nitrogens with zero attached hydrogens (tertiary/aromatic N) is 2. The number of amides is 1. The van der Waals surface area contributed by atoms with Crippen molar-refractivity contribution in [3.63, 3.8) is 0 Å². The lowest BCUT2D eigenvalue weighted by Gasteiger charge is -2.14. The van der Waals surface area contributed by atoms with Gasteiger partial charge >= 0.3 is 5.91 Å². The number of aromatic nitrogens is 3. The topological polar surface area (TPSA) is 73.8 Å². The van der Waals surface area contributed by atoms with Crippen LogP contribution in [0.3, 0.4) is 0 Å². The van der Waals surface area contributed by atoms with E-state index in [1.165, 1.54) is 6.07 Å². The highest BCUT2D eigenvalue weighted by molar-refractivity contribution is 6.08. The van der Waals surface area contributed by atoms with Gasteiger partial charge in [-0.15, -0.1) is 0 Å². The standard InChI is InChI=1S/C22H17FN4O2/c23-19-4-2-1-3-17(19)21-13-29-8-7-27(21)22(28)18-12-24-20-9-14(5-6-16(18)20)15-10-25-26-11-15/h1-6,9-12H,7-8,13H2,(H-,24,25,26,28)/p+1. The zero-order valence-electron chi connectivity index (χ0n) is 15.5. The average molecular weight is 389 g/mol.